The molecule has 0 bridgehead atoms. The molecule has 0 aromatic carbocycles. The second-order valence-corrected chi connectivity index (χ2v) is 6.72. The number of unbranched alkanes of at least 4 members (excludes halogenated alkanes) is 3. The maximum absolute atomic E-state index is 2.47. The van der Waals surface area contributed by atoms with Crippen molar-refractivity contribution in [1.82, 2.24) is 0 Å². The zero-order chi connectivity index (χ0) is 13.4. The maximum atomic E-state index is 2.47. The van der Waals surface area contributed by atoms with Gasteiger partial charge in [-0.2, -0.15) is 0 Å². The molecule has 0 radical (unpaired) electrons. The van der Waals surface area contributed by atoms with Crippen LogP contribution in [-0.4, -0.2) is 6.71 Å². The largest absolute Gasteiger partial charge is 0.146 e. The minimum absolute atomic E-state index is 0.826. The van der Waals surface area contributed by atoms with E-state index < -0.39 is 0 Å². The third kappa shape index (κ3) is 6.53. The van der Waals surface area contributed by atoms with Crippen LogP contribution in [0.25, 0.3) is 0 Å². The molecule has 0 amide bonds. The average molecular weight is 238 g/mol. The highest BCUT2D eigenvalue weighted by Gasteiger charge is 2.30. The van der Waals surface area contributed by atoms with Crippen molar-refractivity contribution in [3.05, 3.63) is 0 Å². The van der Waals surface area contributed by atoms with Crippen molar-refractivity contribution in [2.75, 3.05) is 0 Å². The minimum atomic E-state index is 0.826. The van der Waals surface area contributed by atoms with Gasteiger partial charge in [-0.25, -0.2) is 0 Å². The number of hydrogen-bond acceptors (Lipinski definition) is 0. The lowest BCUT2D eigenvalue weighted by Gasteiger charge is -2.31. The van der Waals surface area contributed by atoms with Gasteiger partial charge in [-0.1, -0.05) is 104 Å². The van der Waals surface area contributed by atoms with E-state index in [0.717, 1.165) is 30.2 Å². The Hall–Kier alpha value is 0.0649. The summed E-state index contributed by atoms with van der Waals surface area (Å²) in [5, 5.41) is 0. The molecule has 0 saturated carbocycles. The summed E-state index contributed by atoms with van der Waals surface area (Å²) in [5.41, 5.74) is 0. The summed E-state index contributed by atoms with van der Waals surface area (Å²) in [4.78, 5) is 0. The first kappa shape index (κ1) is 17.1. The Morgan fingerprint density at radius 3 is 1.53 bits per heavy atom. The molecule has 0 aliphatic carbocycles. The molecular formula is C16H35B. The Balaban J connectivity index is 4.30. The lowest BCUT2D eigenvalue weighted by Crippen LogP contribution is -2.29. The van der Waals surface area contributed by atoms with Crippen molar-refractivity contribution >= 4 is 6.71 Å². The first-order valence-corrected chi connectivity index (χ1v) is 7.91. The smallest absolute Gasteiger partial charge is 0.0737 e. The molecular weight excluding hydrogens is 203 g/mol. The molecule has 0 saturated heterocycles. The maximum Gasteiger partial charge on any atom is 0.146 e. The minimum Gasteiger partial charge on any atom is -0.0737 e. The van der Waals surface area contributed by atoms with E-state index in [1.54, 1.807) is 0 Å². The Kier molecular flexibility index (Phi) is 9.09. The van der Waals surface area contributed by atoms with Crippen molar-refractivity contribution < 1.29 is 0 Å². The Morgan fingerprint density at radius 2 is 1.18 bits per heavy atom. The lowest BCUT2D eigenvalue weighted by atomic mass is 9.29. The van der Waals surface area contributed by atoms with Crippen molar-refractivity contribution in [3.8, 4) is 0 Å². The van der Waals surface area contributed by atoms with Crippen LogP contribution in [0.4, 0.5) is 0 Å². The predicted molar refractivity (Wildman–Crippen MR) is 83.2 cm³/mol. The van der Waals surface area contributed by atoms with Gasteiger partial charge in [-0.3, -0.25) is 0 Å². The predicted octanol–water partition coefficient (Wildman–Crippen LogP) is 6.15. The Bertz CT molecular complexity index is 160. The van der Waals surface area contributed by atoms with Crippen molar-refractivity contribution in [3.63, 3.8) is 0 Å². The van der Waals surface area contributed by atoms with Crippen LogP contribution in [0.15, 0.2) is 0 Å². The standard InChI is InChI=1S/C16H35B/c1-8-9-10-11-12-17(15(6)13(2)3)16(7)14(4)5/h13-16H,8-12H2,1-7H3. The molecule has 0 aromatic heterocycles. The van der Waals surface area contributed by atoms with E-state index in [2.05, 4.69) is 48.5 Å². The van der Waals surface area contributed by atoms with E-state index >= 15 is 0 Å². The van der Waals surface area contributed by atoms with Crippen LogP contribution in [0.1, 0.15) is 74.1 Å². The fourth-order valence-electron chi connectivity index (χ4n) is 2.80. The van der Waals surface area contributed by atoms with E-state index in [1.165, 1.54) is 32.0 Å². The molecule has 0 N–H and O–H groups in total. The molecule has 2 atom stereocenters. The van der Waals surface area contributed by atoms with Gasteiger partial charge in [0.15, 0.2) is 0 Å². The summed E-state index contributed by atoms with van der Waals surface area (Å²) in [6, 6.07) is 0. The fraction of sp³-hybridized carbons (Fsp3) is 1.00. The number of rotatable bonds is 9. The van der Waals surface area contributed by atoms with Crippen molar-refractivity contribution in [2.24, 2.45) is 11.8 Å². The second-order valence-electron chi connectivity index (χ2n) is 6.72. The highest BCUT2D eigenvalue weighted by atomic mass is 14.1. The van der Waals surface area contributed by atoms with Crippen LogP contribution in [-0.2, 0) is 0 Å². The molecule has 0 fully saturated rings. The summed E-state index contributed by atoms with van der Waals surface area (Å²) < 4.78 is 0. The molecule has 0 nitrogen and oxygen atoms in total. The molecule has 1 heteroatoms. The van der Waals surface area contributed by atoms with Crippen LogP contribution < -0.4 is 0 Å². The van der Waals surface area contributed by atoms with Gasteiger partial charge in [0.1, 0.15) is 6.71 Å². The third-order valence-corrected chi connectivity index (χ3v) is 4.84. The van der Waals surface area contributed by atoms with Gasteiger partial charge in [0.05, 0.1) is 0 Å². The lowest BCUT2D eigenvalue weighted by molar-refractivity contribution is 0.554. The fourth-order valence-corrected chi connectivity index (χ4v) is 2.80. The molecule has 0 aliphatic heterocycles. The average Bonchev–Trinajstić information content (AvgIpc) is 2.27. The molecule has 102 valence electrons. The molecule has 0 aromatic rings. The highest BCUT2D eigenvalue weighted by molar-refractivity contribution is 6.62. The summed E-state index contributed by atoms with van der Waals surface area (Å²) >= 11 is 0. The van der Waals surface area contributed by atoms with Crippen LogP contribution in [0.2, 0.25) is 18.0 Å². The van der Waals surface area contributed by atoms with E-state index in [0.29, 0.717) is 0 Å². The topological polar surface area (TPSA) is 0 Å². The van der Waals surface area contributed by atoms with Crippen molar-refractivity contribution in [2.45, 2.75) is 92.1 Å². The highest BCUT2D eigenvalue weighted by Crippen LogP contribution is 2.35. The van der Waals surface area contributed by atoms with Crippen LogP contribution >= 0.6 is 0 Å². The molecule has 2 unspecified atom stereocenters. The third-order valence-electron chi connectivity index (χ3n) is 4.84. The van der Waals surface area contributed by atoms with Gasteiger partial charge < -0.3 is 0 Å². The van der Waals surface area contributed by atoms with Gasteiger partial charge in [0.25, 0.3) is 0 Å². The molecule has 0 heterocycles. The van der Waals surface area contributed by atoms with Crippen molar-refractivity contribution in [1.29, 1.82) is 0 Å². The van der Waals surface area contributed by atoms with Gasteiger partial charge in [-0.05, 0) is 0 Å². The molecule has 0 spiro atoms. The summed E-state index contributed by atoms with van der Waals surface area (Å²) in [5.74, 6) is 3.39. The van der Waals surface area contributed by atoms with Gasteiger partial charge in [0, 0.05) is 0 Å². The van der Waals surface area contributed by atoms with E-state index in [4.69, 9.17) is 0 Å². The summed E-state index contributed by atoms with van der Waals surface area (Å²) in [6.45, 7) is 17.7. The summed E-state index contributed by atoms with van der Waals surface area (Å²) in [6.07, 6.45) is 7.08. The second kappa shape index (κ2) is 9.06. The zero-order valence-corrected chi connectivity index (χ0v) is 13.4. The normalized spacial score (nSPS) is 15.4. The van der Waals surface area contributed by atoms with Crippen LogP contribution in [0.3, 0.4) is 0 Å². The zero-order valence-electron chi connectivity index (χ0n) is 13.4. The number of hydrogen-bond donors (Lipinski definition) is 0. The first-order chi connectivity index (χ1) is 7.91. The van der Waals surface area contributed by atoms with Gasteiger partial charge in [0.2, 0.25) is 0 Å². The molecule has 0 rings (SSSR count). The Morgan fingerprint density at radius 1 is 0.706 bits per heavy atom. The van der Waals surface area contributed by atoms with E-state index in [9.17, 15) is 0 Å². The molecule has 0 aliphatic rings. The van der Waals surface area contributed by atoms with E-state index in [-0.39, 0.29) is 0 Å². The SMILES string of the molecule is CCCCCCB(C(C)C(C)C)C(C)C(C)C. The summed E-state index contributed by atoms with van der Waals surface area (Å²) in [7, 11) is 0. The Labute approximate surface area is 111 Å². The molecule has 17 heavy (non-hydrogen) atoms. The van der Waals surface area contributed by atoms with Gasteiger partial charge >= 0.3 is 0 Å². The quantitative estimate of drug-likeness (QED) is 0.333. The van der Waals surface area contributed by atoms with Crippen LogP contribution in [0.5, 0.6) is 0 Å². The van der Waals surface area contributed by atoms with E-state index in [1.807, 2.05) is 0 Å². The van der Waals surface area contributed by atoms with Gasteiger partial charge in [-0.15, -0.1) is 0 Å². The first-order valence-electron chi connectivity index (χ1n) is 7.91. The van der Waals surface area contributed by atoms with Crippen LogP contribution in [0, 0.1) is 11.8 Å². The monoisotopic (exact) mass is 238 g/mol.